The summed E-state index contributed by atoms with van der Waals surface area (Å²) >= 11 is 0. The molecular weight excluding hydrogens is 357 g/mol. The lowest BCUT2D eigenvalue weighted by molar-refractivity contribution is 0.385. The van der Waals surface area contributed by atoms with Gasteiger partial charge in [0, 0.05) is 13.0 Å². The van der Waals surface area contributed by atoms with E-state index in [9.17, 15) is 12.8 Å². The molecule has 0 saturated heterocycles. The second-order valence-corrected chi connectivity index (χ2v) is 7.88. The first kappa shape index (κ1) is 16.7. The number of halogens is 1. The van der Waals surface area contributed by atoms with E-state index in [2.05, 4.69) is 9.97 Å². The summed E-state index contributed by atoms with van der Waals surface area (Å²) in [5, 5.41) is 0. The standard InChI is InChI=1S/C18H16FN3O3S/c19-13-1-3-14(4-2-13)25-15-5-7-16(8-6-15)26(23,24)22-10-9-17-18(11-22)21-12-20-17/h1-8,12H,9-11H2,(H,20,21). The minimum absolute atomic E-state index is 0.201. The molecule has 26 heavy (non-hydrogen) atoms. The molecule has 0 radical (unpaired) electrons. The molecule has 8 heteroatoms. The van der Waals surface area contributed by atoms with Gasteiger partial charge in [0.1, 0.15) is 17.3 Å². The van der Waals surface area contributed by atoms with Gasteiger partial charge in [-0.15, -0.1) is 0 Å². The van der Waals surface area contributed by atoms with Crippen LogP contribution in [0.5, 0.6) is 11.5 Å². The Morgan fingerprint density at radius 1 is 1.04 bits per heavy atom. The molecule has 4 rings (SSSR count). The molecule has 0 aliphatic carbocycles. The van der Waals surface area contributed by atoms with Gasteiger partial charge in [0.2, 0.25) is 10.0 Å². The van der Waals surface area contributed by atoms with Crippen LogP contribution in [0.15, 0.2) is 59.8 Å². The van der Waals surface area contributed by atoms with Crippen molar-refractivity contribution in [1.82, 2.24) is 14.3 Å². The highest BCUT2D eigenvalue weighted by atomic mass is 32.2. The maximum atomic E-state index is 12.9. The second kappa shape index (κ2) is 6.54. The Bertz CT molecular complexity index is 1010. The zero-order valence-corrected chi connectivity index (χ0v) is 14.5. The van der Waals surface area contributed by atoms with E-state index in [1.54, 1.807) is 18.5 Å². The van der Waals surface area contributed by atoms with E-state index in [0.717, 1.165) is 11.4 Å². The van der Waals surface area contributed by atoms with Crippen molar-refractivity contribution in [3.8, 4) is 11.5 Å². The van der Waals surface area contributed by atoms with Crippen LogP contribution in [0.4, 0.5) is 4.39 Å². The molecule has 1 N–H and O–H groups in total. The number of aromatic amines is 1. The number of rotatable bonds is 4. The Hall–Kier alpha value is -2.71. The van der Waals surface area contributed by atoms with E-state index in [1.807, 2.05) is 0 Å². The molecule has 1 aromatic heterocycles. The Balaban J connectivity index is 1.51. The number of hydrogen-bond donors (Lipinski definition) is 1. The van der Waals surface area contributed by atoms with E-state index < -0.39 is 10.0 Å². The fourth-order valence-corrected chi connectivity index (χ4v) is 4.27. The molecule has 1 aliphatic rings. The van der Waals surface area contributed by atoms with Crippen molar-refractivity contribution >= 4 is 10.0 Å². The molecule has 134 valence electrons. The quantitative estimate of drug-likeness (QED) is 0.763. The topological polar surface area (TPSA) is 75.3 Å². The van der Waals surface area contributed by atoms with Crippen molar-refractivity contribution in [1.29, 1.82) is 0 Å². The highest BCUT2D eigenvalue weighted by Gasteiger charge is 2.29. The highest BCUT2D eigenvalue weighted by molar-refractivity contribution is 7.89. The summed E-state index contributed by atoms with van der Waals surface area (Å²) in [5.41, 5.74) is 1.75. The van der Waals surface area contributed by atoms with Gasteiger partial charge >= 0.3 is 0 Å². The van der Waals surface area contributed by atoms with Gasteiger partial charge in [-0.3, -0.25) is 0 Å². The molecule has 0 fully saturated rings. The molecule has 3 aromatic rings. The molecule has 0 amide bonds. The predicted octanol–water partition coefficient (Wildman–Crippen LogP) is 3.09. The third-order valence-electron chi connectivity index (χ3n) is 4.25. The third kappa shape index (κ3) is 3.21. The summed E-state index contributed by atoms with van der Waals surface area (Å²) in [7, 11) is -3.60. The number of imidazole rings is 1. The Kier molecular flexibility index (Phi) is 4.21. The minimum Gasteiger partial charge on any atom is -0.457 e. The summed E-state index contributed by atoms with van der Waals surface area (Å²) in [4.78, 5) is 7.37. The van der Waals surface area contributed by atoms with Gasteiger partial charge in [0.15, 0.2) is 0 Å². The number of ether oxygens (including phenoxy) is 1. The maximum absolute atomic E-state index is 12.9. The van der Waals surface area contributed by atoms with Crippen LogP contribution in [0, 0.1) is 5.82 Å². The van der Waals surface area contributed by atoms with Crippen LogP contribution >= 0.6 is 0 Å². The van der Waals surface area contributed by atoms with Crippen LogP contribution in [-0.2, 0) is 23.0 Å². The molecule has 1 aliphatic heterocycles. The molecule has 0 bridgehead atoms. The van der Waals surface area contributed by atoms with E-state index in [4.69, 9.17) is 4.74 Å². The molecule has 0 atom stereocenters. The van der Waals surface area contributed by atoms with Crippen molar-refractivity contribution in [2.45, 2.75) is 17.9 Å². The largest absolute Gasteiger partial charge is 0.457 e. The molecule has 2 heterocycles. The van der Waals surface area contributed by atoms with Crippen molar-refractivity contribution in [3.63, 3.8) is 0 Å². The first-order chi connectivity index (χ1) is 12.5. The monoisotopic (exact) mass is 373 g/mol. The van der Waals surface area contributed by atoms with Crippen LogP contribution < -0.4 is 4.74 Å². The fourth-order valence-electron chi connectivity index (χ4n) is 2.86. The van der Waals surface area contributed by atoms with Crippen LogP contribution in [0.3, 0.4) is 0 Å². The van der Waals surface area contributed by atoms with Crippen LogP contribution in [0.2, 0.25) is 0 Å². The van der Waals surface area contributed by atoms with Crippen molar-refractivity contribution in [3.05, 3.63) is 72.1 Å². The summed E-state index contributed by atoms with van der Waals surface area (Å²) in [5.74, 6) is 0.607. The van der Waals surface area contributed by atoms with Crippen LogP contribution in [0.25, 0.3) is 0 Å². The van der Waals surface area contributed by atoms with Gasteiger partial charge in [-0.25, -0.2) is 17.8 Å². The number of sulfonamides is 1. The number of hydrogen-bond acceptors (Lipinski definition) is 4. The summed E-state index contributed by atoms with van der Waals surface area (Å²) in [6.45, 7) is 0.680. The average molecular weight is 373 g/mol. The van der Waals surface area contributed by atoms with Gasteiger partial charge < -0.3 is 9.72 Å². The number of H-pyrrole nitrogens is 1. The highest BCUT2D eigenvalue weighted by Crippen LogP contribution is 2.26. The normalized spacial score (nSPS) is 14.8. The Morgan fingerprint density at radius 3 is 2.38 bits per heavy atom. The van der Waals surface area contributed by atoms with Crippen LogP contribution in [0.1, 0.15) is 11.4 Å². The van der Waals surface area contributed by atoms with Crippen molar-refractivity contribution in [2.24, 2.45) is 0 Å². The lowest BCUT2D eigenvalue weighted by atomic mass is 10.2. The van der Waals surface area contributed by atoms with E-state index in [0.29, 0.717) is 24.5 Å². The minimum atomic E-state index is -3.60. The number of fused-ring (bicyclic) bond motifs is 1. The maximum Gasteiger partial charge on any atom is 0.243 e. The van der Waals surface area contributed by atoms with E-state index >= 15 is 0 Å². The Labute approximate surface area is 150 Å². The SMILES string of the molecule is O=S(=O)(c1ccc(Oc2ccc(F)cc2)cc1)N1CCc2nc[nH]c2C1. The summed E-state index contributed by atoms with van der Waals surface area (Å²) in [6.07, 6.45) is 2.17. The second-order valence-electron chi connectivity index (χ2n) is 5.94. The predicted molar refractivity (Wildman–Crippen MR) is 92.8 cm³/mol. The van der Waals surface area contributed by atoms with Gasteiger partial charge in [-0.05, 0) is 48.5 Å². The first-order valence-corrected chi connectivity index (χ1v) is 9.51. The lowest BCUT2D eigenvalue weighted by Crippen LogP contribution is -2.36. The molecular formula is C18H16FN3O3S. The van der Waals surface area contributed by atoms with Gasteiger partial charge in [-0.2, -0.15) is 4.31 Å². The molecule has 0 saturated carbocycles. The number of aromatic nitrogens is 2. The molecule has 0 spiro atoms. The van der Waals surface area contributed by atoms with Crippen molar-refractivity contribution in [2.75, 3.05) is 6.54 Å². The van der Waals surface area contributed by atoms with Gasteiger partial charge in [0.25, 0.3) is 0 Å². The van der Waals surface area contributed by atoms with E-state index in [1.165, 1.54) is 40.7 Å². The summed E-state index contributed by atoms with van der Waals surface area (Å²) < 4.78 is 45.6. The first-order valence-electron chi connectivity index (χ1n) is 8.07. The van der Waals surface area contributed by atoms with Crippen molar-refractivity contribution < 1.29 is 17.5 Å². The van der Waals surface area contributed by atoms with Gasteiger partial charge in [-0.1, -0.05) is 0 Å². The third-order valence-corrected chi connectivity index (χ3v) is 6.11. The molecule has 6 nitrogen and oxygen atoms in total. The number of nitrogens with zero attached hydrogens (tertiary/aromatic N) is 2. The number of nitrogens with one attached hydrogen (secondary N) is 1. The zero-order valence-electron chi connectivity index (χ0n) is 13.7. The Morgan fingerprint density at radius 2 is 1.69 bits per heavy atom. The molecule has 2 aromatic carbocycles. The fraction of sp³-hybridized carbons (Fsp3) is 0.167. The van der Waals surface area contributed by atoms with E-state index in [-0.39, 0.29) is 17.3 Å². The smallest absolute Gasteiger partial charge is 0.243 e. The average Bonchev–Trinajstić information content (AvgIpc) is 3.12. The summed E-state index contributed by atoms with van der Waals surface area (Å²) in [6, 6.07) is 11.8. The van der Waals surface area contributed by atoms with Gasteiger partial charge in [0.05, 0.1) is 29.2 Å². The molecule has 0 unspecified atom stereocenters. The van der Waals surface area contributed by atoms with Crippen LogP contribution in [-0.4, -0.2) is 29.2 Å². The lowest BCUT2D eigenvalue weighted by Gasteiger charge is -2.25. The zero-order chi connectivity index (χ0) is 18.1. The number of benzene rings is 2.